The molecule has 0 bridgehead atoms. The van der Waals surface area contributed by atoms with E-state index in [1.165, 1.54) is 5.56 Å². The van der Waals surface area contributed by atoms with Gasteiger partial charge in [-0.25, -0.2) is 0 Å². The van der Waals surface area contributed by atoms with Gasteiger partial charge in [0.25, 0.3) is 0 Å². The lowest BCUT2D eigenvalue weighted by molar-refractivity contribution is -0.117. The zero-order valence-corrected chi connectivity index (χ0v) is 14.4. The number of hydrogen-bond acceptors (Lipinski definition) is 2. The molecule has 3 nitrogen and oxygen atoms in total. The number of carbonyl (C=O) groups is 1. The summed E-state index contributed by atoms with van der Waals surface area (Å²) in [7, 11) is 0. The van der Waals surface area contributed by atoms with Gasteiger partial charge in [0, 0.05) is 17.4 Å². The molecule has 0 fully saturated rings. The van der Waals surface area contributed by atoms with Crippen LogP contribution in [0.1, 0.15) is 39.2 Å². The van der Waals surface area contributed by atoms with Gasteiger partial charge >= 0.3 is 0 Å². The summed E-state index contributed by atoms with van der Waals surface area (Å²) in [5, 5.41) is 3.31. The summed E-state index contributed by atoms with van der Waals surface area (Å²) >= 11 is 0. The van der Waals surface area contributed by atoms with E-state index in [2.05, 4.69) is 25.2 Å². The van der Waals surface area contributed by atoms with Gasteiger partial charge in [-0.2, -0.15) is 0 Å². The molecule has 0 atom stereocenters. The fourth-order valence-corrected chi connectivity index (χ4v) is 2.74. The minimum Gasteiger partial charge on any atom is -0.376 e. The van der Waals surface area contributed by atoms with E-state index < -0.39 is 0 Å². The first-order valence-corrected chi connectivity index (χ1v) is 8.20. The Bertz CT molecular complexity index is 635. The standard InChI is InChI=1S/C20H26N2O/c1-15(2)18-12-8-9-13-19(18)21-14-20(23)22(16(3)4)17-10-6-5-7-11-17/h5-13,15-16,21H,14H2,1-4H3. The molecular formula is C20H26N2O. The summed E-state index contributed by atoms with van der Waals surface area (Å²) in [6.07, 6.45) is 0. The molecule has 0 heterocycles. The zero-order chi connectivity index (χ0) is 16.8. The predicted octanol–water partition coefficient (Wildman–Crippen LogP) is 4.66. The first kappa shape index (κ1) is 17.1. The molecule has 0 saturated carbocycles. The largest absolute Gasteiger partial charge is 0.376 e. The lowest BCUT2D eigenvalue weighted by atomic mass is 10.0. The monoisotopic (exact) mass is 310 g/mol. The van der Waals surface area contributed by atoms with Gasteiger partial charge in [-0.15, -0.1) is 0 Å². The predicted molar refractivity (Wildman–Crippen MR) is 98.1 cm³/mol. The normalized spacial score (nSPS) is 10.9. The number of nitrogens with one attached hydrogen (secondary N) is 1. The van der Waals surface area contributed by atoms with Crippen LogP contribution in [0.4, 0.5) is 11.4 Å². The SMILES string of the molecule is CC(C)c1ccccc1NCC(=O)N(c1ccccc1)C(C)C. The van der Waals surface area contributed by atoms with Crippen molar-refractivity contribution in [1.29, 1.82) is 0 Å². The second-order valence-electron chi connectivity index (χ2n) is 6.29. The van der Waals surface area contributed by atoms with Gasteiger partial charge in [0.2, 0.25) is 5.91 Å². The molecule has 2 rings (SSSR count). The highest BCUT2D eigenvalue weighted by Gasteiger charge is 2.18. The summed E-state index contributed by atoms with van der Waals surface area (Å²) in [5.41, 5.74) is 3.20. The van der Waals surface area contributed by atoms with Gasteiger partial charge in [0.15, 0.2) is 0 Å². The van der Waals surface area contributed by atoms with Crippen LogP contribution in [0.3, 0.4) is 0 Å². The molecular weight excluding hydrogens is 284 g/mol. The molecule has 0 aliphatic heterocycles. The molecule has 0 unspecified atom stereocenters. The van der Waals surface area contributed by atoms with Crippen LogP contribution in [0.25, 0.3) is 0 Å². The number of rotatable bonds is 6. The summed E-state index contributed by atoms with van der Waals surface area (Å²) in [4.78, 5) is 14.5. The van der Waals surface area contributed by atoms with Gasteiger partial charge in [0.05, 0.1) is 6.54 Å². The van der Waals surface area contributed by atoms with Gasteiger partial charge in [0.1, 0.15) is 0 Å². The Morgan fingerprint density at radius 2 is 1.57 bits per heavy atom. The van der Waals surface area contributed by atoms with E-state index in [1.807, 2.05) is 67.3 Å². The highest BCUT2D eigenvalue weighted by Crippen LogP contribution is 2.24. The van der Waals surface area contributed by atoms with E-state index in [9.17, 15) is 4.79 Å². The van der Waals surface area contributed by atoms with Crippen LogP contribution in [0, 0.1) is 0 Å². The van der Waals surface area contributed by atoms with Crippen LogP contribution in [0.2, 0.25) is 0 Å². The molecule has 122 valence electrons. The Morgan fingerprint density at radius 3 is 2.17 bits per heavy atom. The van der Waals surface area contributed by atoms with Crippen LogP contribution in [0.15, 0.2) is 54.6 Å². The van der Waals surface area contributed by atoms with Crippen molar-refractivity contribution < 1.29 is 4.79 Å². The Kier molecular flexibility index (Phi) is 5.80. The topological polar surface area (TPSA) is 32.3 Å². The van der Waals surface area contributed by atoms with E-state index in [1.54, 1.807) is 0 Å². The van der Waals surface area contributed by atoms with Crippen molar-refractivity contribution in [3.63, 3.8) is 0 Å². The zero-order valence-electron chi connectivity index (χ0n) is 14.4. The molecule has 2 aromatic carbocycles. The minimum absolute atomic E-state index is 0.0739. The average molecular weight is 310 g/mol. The van der Waals surface area contributed by atoms with Crippen molar-refractivity contribution in [3.05, 3.63) is 60.2 Å². The minimum atomic E-state index is 0.0739. The molecule has 0 radical (unpaired) electrons. The third kappa shape index (κ3) is 4.35. The third-order valence-corrected chi connectivity index (χ3v) is 3.83. The van der Waals surface area contributed by atoms with Gasteiger partial charge in [-0.3, -0.25) is 4.79 Å². The van der Waals surface area contributed by atoms with Crippen molar-refractivity contribution in [3.8, 4) is 0 Å². The lowest BCUT2D eigenvalue weighted by Crippen LogP contribution is -2.40. The highest BCUT2D eigenvalue weighted by atomic mass is 16.2. The number of carbonyl (C=O) groups excluding carboxylic acids is 1. The molecule has 0 aromatic heterocycles. The summed E-state index contributed by atoms with van der Waals surface area (Å²) in [6, 6.07) is 18.1. The Morgan fingerprint density at radius 1 is 0.957 bits per heavy atom. The van der Waals surface area contributed by atoms with E-state index in [0.29, 0.717) is 5.92 Å². The molecule has 0 aliphatic rings. The molecule has 0 aliphatic carbocycles. The Hall–Kier alpha value is -2.29. The molecule has 23 heavy (non-hydrogen) atoms. The van der Waals surface area contributed by atoms with Gasteiger partial charge in [-0.1, -0.05) is 50.2 Å². The van der Waals surface area contributed by atoms with Crippen LogP contribution >= 0.6 is 0 Å². The van der Waals surface area contributed by atoms with Crippen LogP contribution in [-0.2, 0) is 4.79 Å². The molecule has 0 spiro atoms. The van der Waals surface area contributed by atoms with Crippen molar-refractivity contribution in [2.24, 2.45) is 0 Å². The maximum atomic E-state index is 12.7. The van der Waals surface area contributed by atoms with Gasteiger partial charge in [-0.05, 0) is 43.5 Å². The van der Waals surface area contributed by atoms with Crippen LogP contribution in [0.5, 0.6) is 0 Å². The highest BCUT2D eigenvalue weighted by molar-refractivity contribution is 5.96. The fraction of sp³-hybridized carbons (Fsp3) is 0.350. The third-order valence-electron chi connectivity index (χ3n) is 3.83. The number of anilines is 2. The molecule has 2 aromatic rings. The average Bonchev–Trinajstić information content (AvgIpc) is 2.54. The molecule has 0 saturated heterocycles. The lowest BCUT2D eigenvalue weighted by Gasteiger charge is -2.27. The number of hydrogen-bond donors (Lipinski definition) is 1. The Labute approximate surface area is 139 Å². The quantitative estimate of drug-likeness (QED) is 0.841. The van der Waals surface area contributed by atoms with Crippen molar-refractivity contribution in [2.45, 2.75) is 39.7 Å². The first-order chi connectivity index (χ1) is 11.0. The van der Waals surface area contributed by atoms with Crippen molar-refractivity contribution >= 4 is 17.3 Å². The van der Waals surface area contributed by atoms with E-state index in [0.717, 1.165) is 11.4 Å². The van der Waals surface area contributed by atoms with E-state index in [4.69, 9.17) is 0 Å². The van der Waals surface area contributed by atoms with Crippen LogP contribution in [-0.4, -0.2) is 18.5 Å². The fourth-order valence-electron chi connectivity index (χ4n) is 2.74. The molecule has 3 heteroatoms. The second kappa shape index (κ2) is 7.82. The number of amides is 1. The van der Waals surface area contributed by atoms with Gasteiger partial charge < -0.3 is 10.2 Å². The van der Waals surface area contributed by atoms with Crippen molar-refractivity contribution in [2.75, 3.05) is 16.8 Å². The number of para-hydroxylation sites is 2. The maximum absolute atomic E-state index is 12.7. The van der Waals surface area contributed by atoms with E-state index >= 15 is 0 Å². The number of benzene rings is 2. The smallest absolute Gasteiger partial charge is 0.246 e. The summed E-state index contributed by atoms with van der Waals surface area (Å²) in [5.74, 6) is 0.494. The molecule has 1 N–H and O–H groups in total. The molecule has 1 amide bonds. The maximum Gasteiger partial charge on any atom is 0.246 e. The summed E-state index contributed by atoms with van der Waals surface area (Å²) in [6.45, 7) is 8.68. The van der Waals surface area contributed by atoms with E-state index in [-0.39, 0.29) is 18.5 Å². The first-order valence-electron chi connectivity index (χ1n) is 8.20. The Balaban J connectivity index is 2.12. The summed E-state index contributed by atoms with van der Waals surface area (Å²) < 4.78 is 0. The second-order valence-corrected chi connectivity index (χ2v) is 6.29. The number of nitrogens with zero attached hydrogens (tertiary/aromatic N) is 1. The van der Waals surface area contributed by atoms with Crippen molar-refractivity contribution in [1.82, 2.24) is 0 Å². The van der Waals surface area contributed by atoms with Crippen LogP contribution < -0.4 is 10.2 Å².